The summed E-state index contributed by atoms with van der Waals surface area (Å²) < 4.78 is 11.5. The summed E-state index contributed by atoms with van der Waals surface area (Å²) in [6.07, 6.45) is 0. The van der Waals surface area contributed by atoms with E-state index in [1.54, 1.807) is 0 Å². The number of likely N-dealkylation sites (N-methyl/N-ethyl adjacent to an activating group) is 1. The fraction of sp³-hybridized carbons (Fsp3) is 0.368. The van der Waals surface area contributed by atoms with Crippen LogP contribution in [0, 0.1) is 0 Å². The van der Waals surface area contributed by atoms with Gasteiger partial charge in [-0.2, -0.15) is 0 Å². The molecule has 0 amide bonds. The van der Waals surface area contributed by atoms with Crippen molar-refractivity contribution in [1.82, 2.24) is 4.90 Å². The third kappa shape index (κ3) is 3.90. The predicted molar refractivity (Wildman–Crippen MR) is 96.4 cm³/mol. The second-order valence-electron chi connectivity index (χ2n) is 6.00. The van der Waals surface area contributed by atoms with E-state index in [2.05, 4.69) is 4.90 Å². The van der Waals surface area contributed by atoms with Crippen LogP contribution in [0.1, 0.15) is 18.1 Å². The SMILES string of the molecule is CC1N(C)CCOC1(O)c1ccc(OCc2ccccc2)cc1.Cl. The molecule has 130 valence electrons. The topological polar surface area (TPSA) is 41.9 Å². The van der Waals surface area contributed by atoms with Crippen LogP contribution in [0.15, 0.2) is 54.6 Å². The molecule has 2 aromatic carbocycles. The summed E-state index contributed by atoms with van der Waals surface area (Å²) in [4.78, 5) is 2.10. The standard InChI is InChI=1S/C19H23NO3.ClH/c1-15-19(21,23-13-12-20(15)2)17-8-10-18(11-9-17)22-14-16-6-4-3-5-7-16;/h3-11,15,21H,12-14H2,1-2H3;1H. The van der Waals surface area contributed by atoms with Gasteiger partial charge in [-0.25, -0.2) is 0 Å². The lowest BCUT2D eigenvalue weighted by atomic mass is 9.96. The van der Waals surface area contributed by atoms with Gasteiger partial charge >= 0.3 is 0 Å². The van der Waals surface area contributed by atoms with Crippen molar-refractivity contribution in [2.24, 2.45) is 0 Å². The molecule has 1 fully saturated rings. The molecule has 1 N–H and O–H groups in total. The van der Waals surface area contributed by atoms with E-state index in [4.69, 9.17) is 9.47 Å². The molecule has 0 bridgehead atoms. The molecule has 2 atom stereocenters. The molecule has 3 rings (SSSR count). The molecule has 0 aromatic heterocycles. The number of aliphatic hydroxyl groups is 1. The molecule has 24 heavy (non-hydrogen) atoms. The average Bonchev–Trinajstić information content (AvgIpc) is 2.59. The molecule has 0 saturated carbocycles. The van der Waals surface area contributed by atoms with E-state index in [0.717, 1.165) is 23.4 Å². The fourth-order valence-corrected chi connectivity index (χ4v) is 2.81. The summed E-state index contributed by atoms with van der Waals surface area (Å²) in [5.41, 5.74) is 1.88. The molecule has 0 spiro atoms. The van der Waals surface area contributed by atoms with Crippen molar-refractivity contribution in [3.05, 3.63) is 65.7 Å². The average molecular weight is 350 g/mol. The Morgan fingerprint density at radius 3 is 2.50 bits per heavy atom. The van der Waals surface area contributed by atoms with E-state index in [1.165, 1.54) is 0 Å². The van der Waals surface area contributed by atoms with Gasteiger partial charge in [-0.15, -0.1) is 12.4 Å². The molecule has 1 aliphatic rings. The molecular weight excluding hydrogens is 326 g/mol. The Hall–Kier alpha value is -1.59. The zero-order valence-electron chi connectivity index (χ0n) is 14.0. The van der Waals surface area contributed by atoms with E-state index in [9.17, 15) is 5.11 Å². The van der Waals surface area contributed by atoms with Gasteiger partial charge in [-0.3, -0.25) is 4.90 Å². The Morgan fingerprint density at radius 2 is 1.83 bits per heavy atom. The molecule has 5 heteroatoms. The van der Waals surface area contributed by atoms with Gasteiger partial charge in [-0.1, -0.05) is 30.3 Å². The monoisotopic (exact) mass is 349 g/mol. The van der Waals surface area contributed by atoms with Crippen LogP contribution in [0.25, 0.3) is 0 Å². The minimum atomic E-state index is -1.27. The van der Waals surface area contributed by atoms with Gasteiger partial charge in [0.05, 0.1) is 12.6 Å². The first-order valence-corrected chi connectivity index (χ1v) is 7.93. The first-order valence-electron chi connectivity index (χ1n) is 7.93. The maximum Gasteiger partial charge on any atom is 0.208 e. The molecule has 1 heterocycles. The molecular formula is C19H24ClNO3. The van der Waals surface area contributed by atoms with E-state index in [0.29, 0.717) is 13.2 Å². The summed E-state index contributed by atoms with van der Waals surface area (Å²) >= 11 is 0. The second kappa shape index (κ2) is 7.99. The van der Waals surface area contributed by atoms with Crippen LogP contribution >= 0.6 is 12.4 Å². The second-order valence-corrected chi connectivity index (χ2v) is 6.00. The van der Waals surface area contributed by atoms with Gasteiger partial charge < -0.3 is 14.6 Å². The van der Waals surface area contributed by atoms with Crippen LogP contribution in [0.3, 0.4) is 0 Å². The Labute approximate surface area is 149 Å². The lowest BCUT2D eigenvalue weighted by molar-refractivity contribution is -0.271. The summed E-state index contributed by atoms with van der Waals surface area (Å²) in [6, 6.07) is 17.4. The van der Waals surface area contributed by atoms with Crippen LogP contribution in [0.5, 0.6) is 5.75 Å². The summed E-state index contributed by atoms with van der Waals surface area (Å²) in [5.74, 6) is -0.497. The van der Waals surface area contributed by atoms with Crippen LogP contribution in [-0.4, -0.2) is 36.2 Å². The lowest BCUT2D eigenvalue weighted by Crippen LogP contribution is -2.55. The highest BCUT2D eigenvalue weighted by Gasteiger charge is 2.42. The summed E-state index contributed by atoms with van der Waals surface area (Å²) in [6.45, 7) is 3.84. The summed E-state index contributed by atoms with van der Waals surface area (Å²) in [5, 5.41) is 10.9. The van der Waals surface area contributed by atoms with Crippen molar-refractivity contribution in [2.45, 2.75) is 25.4 Å². The van der Waals surface area contributed by atoms with Crippen LogP contribution < -0.4 is 4.74 Å². The first-order chi connectivity index (χ1) is 11.1. The number of rotatable bonds is 4. The van der Waals surface area contributed by atoms with Gasteiger partial charge in [0.25, 0.3) is 0 Å². The van der Waals surface area contributed by atoms with Gasteiger partial charge in [0.2, 0.25) is 5.79 Å². The van der Waals surface area contributed by atoms with E-state index in [1.807, 2.05) is 68.6 Å². The molecule has 4 nitrogen and oxygen atoms in total. The van der Waals surface area contributed by atoms with Crippen molar-refractivity contribution in [2.75, 3.05) is 20.2 Å². The highest BCUT2D eigenvalue weighted by molar-refractivity contribution is 5.85. The first kappa shape index (κ1) is 18.7. The maximum atomic E-state index is 10.9. The number of ether oxygens (including phenoxy) is 2. The van der Waals surface area contributed by atoms with Crippen molar-refractivity contribution in [3.63, 3.8) is 0 Å². The normalized spacial score (nSPS) is 24.2. The maximum absolute atomic E-state index is 10.9. The van der Waals surface area contributed by atoms with Crippen molar-refractivity contribution < 1.29 is 14.6 Å². The zero-order valence-corrected chi connectivity index (χ0v) is 14.8. The highest BCUT2D eigenvalue weighted by Crippen LogP contribution is 2.33. The van der Waals surface area contributed by atoms with E-state index in [-0.39, 0.29) is 18.4 Å². The van der Waals surface area contributed by atoms with Crippen LogP contribution in [-0.2, 0) is 17.1 Å². The van der Waals surface area contributed by atoms with Gasteiger partial charge in [-0.05, 0) is 43.8 Å². The molecule has 0 aliphatic carbocycles. The van der Waals surface area contributed by atoms with Gasteiger partial charge in [0.15, 0.2) is 0 Å². The zero-order chi connectivity index (χ0) is 16.3. The molecule has 0 radical (unpaired) electrons. The minimum Gasteiger partial charge on any atom is -0.489 e. The molecule has 2 aromatic rings. The Kier molecular flexibility index (Phi) is 6.24. The number of nitrogens with zero attached hydrogens (tertiary/aromatic N) is 1. The highest BCUT2D eigenvalue weighted by atomic mass is 35.5. The van der Waals surface area contributed by atoms with E-state index >= 15 is 0 Å². The lowest BCUT2D eigenvalue weighted by Gasteiger charge is -2.43. The largest absolute Gasteiger partial charge is 0.489 e. The number of halogens is 1. The quantitative estimate of drug-likeness (QED) is 0.920. The number of hydrogen-bond donors (Lipinski definition) is 1. The Morgan fingerprint density at radius 1 is 1.17 bits per heavy atom. The van der Waals surface area contributed by atoms with Gasteiger partial charge in [0.1, 0.15) is 12.4 Å². The van der Waals surface area contributed by atoms with Crippen LogP contribution in [0.4, 0.5) is 0 Å². The van der Waals surface area contributed by atoms with E-state index < -0.39 is 5.79 Å². The summed E-state index contributed by atoms with van der Waals surface area (Å²) in [7, 11) is 2.00. The minimum absolute atomic E-state index is 0. The predicted octanol–water partition coefficient (Wildman–Crippen LogP) is 3.18. The molecule has 1 saturated heterocycles. The molecule has 2 unspecified atom stereocenters. The fourth-order valence-electron chi connectivity index (χ4n) is 2.81. The third-order valence-electron chi connectivity index (χ3n) is 4.51. The molecule has 1 aliphatic heterocycles. The Balaban J connectivity index is 0.00000208. The Bertz CT molecular complexity index is 635. The van der Waals surface area contributed by atoms with Crippen molar-refractivity contribution in [1.29, 1.82) is 0 Å². The number of morpholine rings is 1. The van der Waals surface area contributed by atoms with Gasteiger partial charge in [0, 0.05) is 12.1 Å². The van der Waals surface area contributed by atoms with Crippen molar-refractivity contribution in [3.8, 4) is 5.75 Å². The van der Waals surface area contributed by atoms with Crippen LogP contribution in [0.2, 0.25) is 0 Å². The smallest absolute Gasteiger partial charge is 0.208 e. The van der Waals surface area contributed by atoms with Crippen molar-refractivity contribution >= 4 is 12.4 Å². The number of hydrogen-bond acceptors (Lipinski definition) is 4. The number of benzene rings is 2. The third-order valence-corrected chi connectivity index (χ3v) is 4.51.